The highest BCUT2D eigenvalue weighted by molar-refractivity contribution is 7.09. The highest BCUT2D eigenvalue weighted by atomic mass is 32.1. The summed E-state index contributed by atoms with van der Waals surface area (Å²) in [5.74, 6) is 0. The number of rotatable bonds is 6. The quantitative estimate of drug-likeness (QED) is 0.886. The minimum Gasteiger partial charge on any atom is -0.377 e. The molecular weight excluding hydrogens is 280 g/mol. The Hall–Kier alpha value is -1.23. The standard InChI is InChI=1S/C17H22N2OS/c1-18-15(17(20-2)9-6-10-17)11-16-19-14(12-21-16)13-7-4-3-5-8-13/h3-5,7-8,12,15,18H,6,9-11H2,1-2H3. The Balaban J connectivity index is 1.74. The first-order valence-electron chi connectivity index (χ1n) is 7.50. The zero-order chi connectivity index (χ0) is 14.7. The van der Waals surface area contributed by atoms with Gasteiger partial charge in [0, 0.05) is 30.5 Å². The van der Waals surface area contributed by atoms with E-state index in [4.69, 9.17) is 9.72 Å². The van der Waals surface area contributed by atoms with Gasteiger partial charge in [0.1, 0.15) is 0 Å². The average Bonchev–Trinajstić information content (AvgIpc) is 2.95. The number of hydrogen-bond donors (Lipinski definition) is 1. The van der Waals surface area contributed by atoms with Crippen LogP contribution in [0.2, 0.25) is 0 Å². The number of benzene rings is 1. The molecule has 1 aromatic heterocycles. The van der Waals surface area contributed by atoms with E-state index in [1.165, 1.54) is 17.0 Å². The lowest BCUT2D eigenvalue weighted by Crippen LogP contribution is -2.56. The summed E-state index contributed by atoms with van der Waals surface area (Å²) in [4.78, 5) is 4.80. The van der Waals surface area contributed by atoms with Gasteiger partial charge in [-0.3, -0.25) is 0 Å². The molecule has 0 radical (unpaired) electrons. The maximum Gasteiger partial charge on any atom is 0.0949 e. The topological polar surface area (TPSA) is 34.2 Å². The Morgan fingerprint density at radius 1 is 1.33 bits per heavy atom. The van der Waals surface area contributed by atoms with E-state index < -0.39 is 0 Å². The zero-order valence-electron chi connectivity index (χ0n) is 12.6. The predicted molar refractivity (Wildman–Crippen MR) is 87.7 cm³/mol. The van der Waals surface area contributed by atoms with E-state index in [0.29, 0.717) is 6.04 Å². The van der Waals surface area contributed by atoms with Gasteiger partial charge >= 0.3 is 0 Å². The van der Waals surface area contributed by atoms with Crippen molar-refractivity contribution in [3.8, 4) is 11.3 Å². The first kappa shape index (κ1) is 14.7. The lowest BCUT2D eigenvalue weighted by atomic mass is 9.73. The molecule has 4 heteroatoms. The van der Waals surface area contributed by atoms with E-state index in [-0.39, 0.29) is 5.60 Å². The Morgan fingerprint density at radius 3 is 2.67 bits per heavy atom. The second-order valence-electron chi connectivity index (χ2n) is 5.66. The third kappa shape index (κ3) is 2.89. The van der Waals surface area contributed by atoms with Crippen molar-refractivity contribution in [2.75, 3.05) is 14.2 Å². The molecule has 0 bridgehead atoms. The number of nitrogens with zero attached hydrogens (tertiary/aromatic N) is 1. The maximum absolute atomic E-state index is 5.80. The summed E-state index contributed by atoms with van der Waals surface area (Å²) in [7, 11) is 3.86. The van der Waals surface area contributed by atoms with Crippen LogP contribution >= 0.6 is 11.3 Å². The fourth-order valence-electron chi connectivity index (χ4n) is 3.09. The Labute approximate surface area is 130 Å². The molecule has 0 amide bonds. The van der Waals surface area contributed by atoms with Crippen molar-refractivity contribution in [3.05, 3.63) is 40.7 Å². The van der Waals surface area contributed by atoms with Gasteiger partial charge in [0.25, 0.3) is 0 Å². The van der Waals surface area contributed by atoms with Crippen molar-refractivity contribution in [3.63, 3.8) is 0 Å². The van der Waals surface area contributed by atoms with Crippen LogP contribution in [0.1, 0.15) is 24.3 Å². The van der Waals surface area contributed by atoms with Gasteiger partial charge in [-0.15, -0.1) is 11.3 Å². The van der Waals surface area contributed by atoms with Gasteiger partial charge in [-0.05, 0) is 26.3 Å². The van der Waals surface area contributed by atoms with Crippen LogP contribution in [-0.4, -0.2) is 30.8 Å². The van der Waals surface area contributed by atoms with E-state index in [9.17, 15) is 0 Å². The zero-order valence-corrected chi connectivity index (χ0v) is 13.5. The van der Waals surface area contributed by atoms with E-state index in [2.05, 4.69) is 35.0 Å². The minimum atomic E-state index is 0.00727. The third-order valence-electron chi connectivity index (χ3n) is 4.59. The average molecular weight is 302 g/mol. The lowest BCUT2D eigenvalue weighted by molar-refractivity contribution is -0.0966. The molecular formula is C17H22N2OS. The molecule has 2 aromatic rings. The van der Waals surface area contributed by atoms with Crippen molar-refractivity contribution >= 4 is 11.3 Å². The molecule has 1 unspecified atom stereocenters. The highest BCUT2D eigenvalue weighted by Gasteiger charge is 2.44. The molecule has 1 aliphatic rings. The fraction of sp³-hybridized carbons (Fsp3) is 0.471. The van der Waals surface area contributed by atoms with Crippen molar-refractivity contribution < 1.29 is 4.74 Å². The summed E-state index contributed by atoms with van der Waals surface area (Å²) in [5, 5.41) is 6.76. The second kappa shape index (κ2) is 6.26. The van der Waals surface area contributed by atoms with Crippen LogP contribution in [0.5, 0.6) is 0 Å². The molecule has 1 aromatic carbocycles. The van der Waals surface area contributed by atoms with Gasteiger partial charge in [0.15, 0.2) is 0 Å². The number of aromatic nitrogens is 1. The van der Waals surface area contributed by atoms with Gasteiger partial charge in [0.2, 0.25) is 0 Å². The van der Waals surface area contributed by atoms with E-state index in [1.54, 1.807) is 11.3 Å². The van der Waals surface area contributed by atoms with Gasteiger partial charge in [0.05, 0.1) is 16.3 Å². The summed E-state index contributed by atoms with van der Waals surface area (Å²) in [6.07, 6.45) is 4.48. The Morgan fingerprint density at radius 2 is 2.10 bits per heavy atom. The fourth-order valence-corrected chi connectivity index (χ4v) is 3.94. The molecule has 1 N–H and O–H groups in total. The first-order valence-corrected chi connectivity index (χ1v) is 8.37. The lowest BCUT2D eigenvalue weighted by Gasteiger charge is -2.46. The number of likely N-dealkylation sites (N-methyl/N-ethyl adjacent to an activating group) is 1. The molecule has 3 nitrogen and oxygen atoms in total. The molecule has 1 saturated carbocycles. The monoisotopic (exact) mass is 302 g/mol. The normalized spacial score (nSPS) is 18.2. The van der Waals surface area contributed by atoms with Crippen LogP contribution in [0, 0.1) is 0 Å². The summed E-state index contributed by atoms with van der Waals surface area (Å²) in [6, 6.07) is 10.7. The van der Waals surface area contributed by atoms with Crippen LogP contribution in [0.4, 0.5) is 0 Å². The summed E-state index contributed by atoms with van der Waals surface area (Å²) < 4.78 is 5.80. The molecule has 1 aliphatic carbocycles. The number of thiazole rings is 1. The molecule has 0 spiro atoms. The third-order valence-corrected chi connectivity index (χ3v) is 5.46. The number of nitrogens with one attached hydrogen (secondary N) is 1. The van der Waals surface area contributed by atoms with E-state index in [0.717, 1.165) is 25.0 Å². The molecule has 1 fully saturated rings. The predicted octanol–water partition coefficient (Wildman–Crippen LogP) is 3.51. The SMILES string of the molecule is CNC(Cc1nc(-c2ccccc2)cs1)C1(OC)CCC1. The largest absolute Gasteiger partial charge is 0.377 e. The van der Waals surface area contributed by atoms with Gasteiger partial charge in [-0.1, -0.05) is 30.3 Å². The maximum atomic E-state index is 5.80. The Bertz CT molecular complexity index is 572. The molecule has 1 atom stereocenters. The van der Waals surface area contributed by atoms with Gasteiger partial charge < -0.3 is 10.1 Å². The molecule has 0 aliphatic heterocycles. The highest BCUT2D eigenvalue weighted by Crippen LogP contribution is 2.39. The van der Waals surface area contributed by atoms with Gasteiger partial charge in [-0.2, -0.15) is 0 Å². The van der Waals surface area contributed by atoms with Crippen molar-refractivity contribution in [1.82, 2.24) is 10.3 Å². The number of ether oxygens (including phenoxy) is 1. The van der Waals surface area contributed by atoms with Crippen LogP contribution in [0.25, 0.3) is 11.3 Å². The van der Waals surface area contributed by atoms with Crippen LogP contribution in [-0.2, 0) is 11.2 Å². The number of hydrogen-bond acceptors (Lipinski definition) is 4. The molecule has 1 heterocycles. The summed E-state index contributed by atoms with van der Waals surface area (Å²) in [5.41, 5.74) is 2.27. The number of methoxy groups -OCH3 is 1. The van der Waals surface area contributed by atoms with Crippen LogP contribution in [0.15, 0.2) is 35.7 Å². The first-order chi connectivity index (χ1) is 10.3. The van der Waals surface area contributed by atoms with E-state index in [1.807, 2.05) is 20.2 Å². The van der Waals surface area contributed by atoms with Crippen molar-refractivity contribution in [2.45, 2.75) is 37.3 Å². The summed E-state index contributed by atoms with van der Waals surface area (Å²) >= 11 is 1.74. The van der Waals surface area contributed by atoms with Crippen molar-refractivity contribution in [1.29, 1.82) is 0 Å². The van der Waals surface area contributed by atoms with Crippen LogP contribution in [0.3, 0.4) is 0 Å². The van der Waals surface area contributed by atoms with Gasteiger partial charge in [-0.25, -0.2) is 4.98 Å². The Kier molecular flexibility index (Phi) is 4.38. The molecule has 0 saturated heterocycles. The second-order valence-corrected chi connectivity index (χ2v) is 6.60. The molecule has 3 rings (SSSR count). The van der Waals surface area contributed by atoms with Crippen LogP contribution < -0.4 is 5.32 Å². The smallest absolute Gasteiger partial charge is 0.0949 e. The molecule has 21 heavy (non-hydrogen) atoms. The molecule has 112 valence electrons. The van der Waals surface area contributed by atoms with E-state index >= 15 is 0 Å². The summed E-state index contributed by atoms with van der Waals surface area (Å²) in [6.45, 7) is 0. The van der Waals surface area contributed by atoms with Crippen molar-refractivity contribution in [2.24, 2.45) is 0 Å². The minimum absolute atomic E-state index is 0.00727.